The SMILES string of the molecule is C=NCC(=N)OCn1c(=O)ccc2ccc(OCCCCN3CCN(c4cccc5sccc45)CC3)cc21. The number of unbranched alkanes of at least 4 members (excludes halogenated alkanes) is 1. The average molecular weight is 532 g/mol. The van der Waals surface area contributed by atoms with Crippen LogP contribution in [0.25, 0.3) is 21.0 Å². The first-order chi connectivity index (χ1) is 18.6. The summed E-state index contributed by atoms with van der Waals surface area (Å²) in [5, 5.41) is 12.2. The van der Waals surface area contributed by atoms with Crippen LogP contribution in [0.15, 0.2) is 69.8 Å². The molecule has 38 heavy (non-hydrogen) atoms. The van der Waals surface area contributed by atoms with Crippen molar-refractivity contribution in [2.75, 3.05) is 50.8 Å². The minimum absolute atomic E-state index is 0.0300. The van der Waals surface area contributed by atoms with Crippen molar-refractivity contribution in [2.24, 2.45) is 4.99 Å². The van der Waals surface area contributed by atoms with Crippen molar-refractivity contribution >= 4 is 50.6 Å². The molecule has 0 saturated carbocycles. The fourth-order valence-corrected chi connectivity index (χ4v) is 5.68. The lowest BCUT2D eigenvalue weighted by Gasteiger charge is -2.36. The molecule has 2 aromatic carbocycles. The van der Waals surface area contributed by atoms with E-state index in [0.29, 0.717) is 12.1 Å². The predicted molar refractivity (Wildman–Crippen MR) is 157 cm³/mol. The summed E-state index contributed by atoms with van der Waals surface area (Å²) in [5.41, 5.74) is 1.88. The van der Waals surface area contributed by atoms with Gasteiger partial charge in [-0.15, -0.1) is 11.3 Å². The number of nitrogens with zero attached hydrogens (tertiary/aromatic N) is 4. The van der Waals surface area contributed by atoms with E-state index in [4.69, 9.17) is 14.9 Å². The van der Waals surface area contributed by atoms with E-state index >= 15 is 0 Å². The lowest BCUT2D eigenvalue weighted by molar-refractivity contribution is 0.217. The normalized spacial score (nSPS) is 14.2. The fraction of sp³-hybridized carbons (Fsp3) is 0.345. The fourth-order valence-electron chi connectivity index (χ4n) is 4.87. The molecule has 0 aliphatic carbocycles. The Morgan fingerprint density at radius 1 is 1.05 bits per heavy atom. The van der Waals surface area contributed by atoms with Gasteiger partial charge in [-0.1, -0.05) is 6.07 Å². The van der Waals surface area contributed by atoms with Gasteiger partial charge in [0.05, 0.1) is 12.1 Å². The first kappa shape index (κ1) is 25.9. The van der Waals surface area contributed by atoms with Crippen LogP contribution >= 0.6 is 11.3 Å². The number of hydrogen-bond donors (Lipinski definition) is 1. The van der Waals surface area contributed by atoms with Gasteiger partial charge in [-0.3, -0.25) is 24.7 Å². The van der Waals surface area contributed by atoms with Crippen molar-refractivity contribution < 1.29 is 9.47 Å². The van der Waals surface area contributed by atoms with Gasteiger partial charge in [0.25, 0.3) is 5.56 Å². The third-order valence-corrected chi connectivity index (χ3v) is 7.79. The molecule has 3 heterocycles. The van der Waals surface area contributed by atoms with Crippen molar-refractivity contribution in [3.63, 3.8) is 0 Å². The van der Waals surface area contributed by atoms with Crippen LogP contribution in [0, 0.1) is 5.41 Å². The highest BCUT2D eigenvalue weighted by Crippen LogP contribution is 2.31. The Balaban J connectivity index is 1.08. The summed E-state index contributed by atoms with van der Waals surface area (Å²) in [7, 11) is 0. The third-order valence-electron chi connectivity index (χ3n) is 6.91. The van der Waals surface area contributed by atoms with Gasteiger partial charge in [-0.05, 0) is 73.3 Å². The Morgan fingerprint density at radius 2 is 1.89 bits per heavy atom. The molecule has 198 valence electrons. The third kappa shape index (κ3) is 6.06. The predicted octanol–water partition coefficient (Wildman–Crippen LogP) is 4.85. The molecule has 0 spiro atoms. The molecule has 1 N–H and O–H groups in total. The highest BCUT2D eigenvalue weighted by molar-refractivity contribution is 7.17. The summed E-state index contributed by atoms with van der Waals surface area (Å²) in [5.74, 6) is 0.688. The van der Waals surface area contributed by atoms with Gasteiger partial charge in [0.1, 0.15) is 12.3 Å². The van der Waals surface area contributed by atoms with Crippen LogP contribution < -0.4 is 15.2 Å². The number of pyridine rings is 1. The lowest BCUT2D eigenvalue weighted by Crippen LogP contribution is -2.46. The van der Waals surface area contributed by atoms with Gasteiger partial charge >= 0.3 is 0 Å². The summed E-state index contributed by atoms with van der Waals surface area (Å²) >= 11 is 1.80. The quantitative estimate of drug-likeness (QED) is 0.170. The maximum absolute atomic E-state index is 12.4. The molecular formula is C29H33N5O3S. The van der Waals surface area contributed by atoms with E-state index in [0.717, 1.165) is 56.7 Å². The number of fused-ring (bicyclic) bond motifs is 2. The van der Waals surface area contributed by atoms with Crippen LogP contribution in [-0.2, 0) is 11.5 Å². The summed E-state index contributed by atoms with van der Waals surface area (Å²) in [6.07, 6.45) is 2.04. The summed E-state index contributed by atoms with van der Waals surface area (Å²) < 4.78 is 14.3. The minimum atomic E-state index is -0.193. The Bertz CT molecular complexity index is 1470. The molecule has 8 nitrogen and oxygen atoms in total. The van der Waals surface area contributed by atoms with E-state index in [1.807, 2.05) is 18.2 Å². The second kappa shape index (κ2) is 12.2. The maximum Gasteiger partial charge on any atom is 0.253 e. The zero-order valence-corrected chi connectivity index (χ0v) is 22.3. The van der Waals surface area contributed by atoms with E-state index < -0.39 is 0 Å². The van der Waals surface area contributed by atoms with E-state index in [1.165, 1.54) is 26.4 Å². The molecule has 1 saturated heterocycles. The van der Waals surface area contributed by atoms with Crippen LogP contribution in [0.3, 0.4) is 0 Å². The molecule has 1 fully saturated rings. The van der Waals surface area contributed by atoms with Crippen molar-refractivity contribution in [1.29, 1.82) is 5.41 Å². The number of rotatable bonds is 11. The number of thiophene rings is 1. The Morgan fingerprint density at radius 3 is 2.74 bits per heavy atom. The van der Waals surface area contributed by atoms with Gasteiger partial charge < -0.3 is 14.4 Å². The Labute approximate surface area is 226 Å². The van der Waals surface area contributed by atoms with Crippen LogP contribution in [0.1, 0.15) is 12.8 Å². The van der Waals surface area contributed by atoms with Crippen LogP contribution in [0.5, 0.6) is 5.75 Å². The Hall–Kier alpha value is -3.69. The molecule has 5 rings (SSSR count). The molecule has 0 radical (unpaired) electrons. The van der Waals surface area contributed by atoms with E-state index in [1.54, 1.807) is 17.4 Å². The second-order valence-electron chi connectivity index (χ2n) is 9.39. The number of hydrogen-bond acceptors (Lipinski definition) is 8. The smallest absolute Gasteiger partial charge is 0.253 e. The van der Waals surface area contributed by atoms with E-state index in [9.17, 15) is 4.79 Å². The van der Waals surface area contributed by atoms with E-state index in [2.05, 4.69) is 51.2 Å². The van der Waals surface area contributed by atoms with E-state index in [-0.39, 0.29) is 24.7 Å². The van der Waals surface area contributed by atoms with Crippen molar-refractivity contribution in [3.05, 3.63) is 70.3 Å². The summed E-state index contributed by atoms with van der Waals surface area (Å²) in [6, 6.07) is 17.9. The molecule has 1 aliphatic heterocycles. The topological polar surface area (TPSA) is 83.1 Å². The molecule has 0 bridgehead atoms. The largest absolute Gasteiger partial charge is 0.494 e. The summed E-state index contributed by atoms with van der Waals surface area (Å²) in [6.45, 7) is 9.34. The van der Waals surface area contributed by atoms with Crippen molar-refractivity contribution in [3.8, 4) is 5.75 Å². The molecule has 4 aromatic rings. The molecule has 0 amide bonds. The number of piperazine rings is 1. The number of nitrogens with one attached hydrogen (secondary N) is 1. The molecule has 9 heteroatoms. The molecule has 0 unspecified atom stereocenters. The molecule has 1 aliphatic rings. The first-order valence-electron chi connectivity index (χ1n) is 12.9. The molecule has 0 atom stereocenters. The number of aromatic nitrogens is 1. The van der Waals surface area contributed by atoms with Crippen molar-refractivity contribution in [1.82, 2.24) is 9.47 Å². The van der Waals surface area contributed by atoms with Gasteiger partial charge in [-0.25, -0.2) is 0 Å². The van der Waals surface area contributed by atoms with Crippen molar-refractivity contribution in [2.45, 2.75) is 19.6 Å². The standard InChI is InChI=1S/C29H33N5O3S/c1-31-20-28(30)37-21-34-26-19-23(9-7-22(26)8-10-29(34)35)36-17-3-2-12-32-13-15-33(16-14-32)25-5-4-6-27-24(25)11-18-38-27/h4-11,18-19,30H,1-3,12-17,20-21H2. The number of ether oxygens (including phenoxy) is 2. The van der Waals surface area contributed by atoms with Crippen LogP contribution in [-0.4, -0.2) is 68.0 Å². The Kier molecular flexibility index (Phi) is 8.35. The zero-order valence-electron chi connectivity index (χ0n) is 21.5. The van der Waals surface area contributed by atoms with Gasteiger partial charge in [-0.2, -0.15) is 0 Å². The van der Waals surface area contributed by atoms with Gasteiger partial charge in [0.15, 0.2) is 6.73 Å². The second-order valence-corrected chi connectivity index (χ2v) is 10.3. The summed E-state index contributed by atoms with van der Waals surface area (Å²) in [4.78, 5) is 21.1. The molecule has 2 aromatic heterocycles. The highest BCUT2D eigenvalue weighted by Gasteiger charge is 2.18. The maximum atomic E-state index is 12.4. The monoisotopic (exact) mass is 531 g/mol. The van der Waals surface area contributed by atoms with Crippen LogP contribution in [0.2, 0.25) is 0 Å². The zero-order chi connectivity index (χ0) is 26.3. The highest BCUT2D eigenvalue weighted by atomic mass is 32.1. The number of benzene rings is 2. The number of aliphatic imine (C=N–C) groups is 1. The lowest BCUT2D eigenvalue weighted by atomic mass is 10.2. The van der Waals surface area contributed by atoms with Gasteiger partial charge in [0, 0.05) is 54.1 Å². The molecular weight excluding hydrogens is 498 g/mol. The average Bonchev–Trinajstić information content (AvgIpc) is 3.42. The first-order valence-corrected chi connectivity index (χ1v) is 13.8. The van der Waals surface area contributed by atoms with Crippen LogP contribution in [0.4, 0.5) is 5.69 Å². The van der Waals surface area contributed by atoms with Gasteiger partial charge in [0.2, 0.25) is 5.90 Å². The number of anilines is 1. The minimum Gasteiger partial charge on any atom is -0.494 e.